The maximum Gasteiger partial charge on any atom is 0.357 e. The molecule has 3 aliphatic rings. The quantitative estimate of drug-likeness (QED) is 0.369. The Bertz CT molecular complexity index is 1490. The minimum atomic E-state index is -3.37. The minimum Gasteiger partial charge on any atom is -0.477 e. The second-order valence-corrected chi connectivity index (χ2v) is 12.8. The number of sulfone groups is 2. The van der Waals surface area contributed by atoms with E-state index in [4.69, 9.17) is 0 Å². The molecule has 1 aromatic heterocycles. The number of carbonyl (C=O) groups is 3. The molecule has 4 rings (SSSR count). The number of amides is 1. The molecule has 16 heteroatoms. The number of aromatic nitrogens is 2. The van der Waals surface area contributed by atoms with Crippen molar-refractivity contribution in [3.8, 4) is 0 Å². The molecule has 14 nitrogen and oxygen atoms in total. The van der Waals surface area contributed by atoms with E-state index in [2.05, 4.69) is 10.2 Å². The van der Waals surface area contributed by atoms with Crippen LogP contribution < -0.4 is 5.56 Å². The van der Waals surface area contributed by atoms with E-state index in [1.807, 2.05) is 0 Å². The summed E-state index contributed by atoms with van der Waals surface area (Å²) in [7, 11) is -6.73. The highest BCUT2D eigenvalue weighted by atomic mass is 32.2. The van der Waals surface area contributed by atoms with Gasteiger partial charge in [0.1, 0.15) is 0 Å². The molecule has 0 aromatic carbocycles. The highest BCUT2D eigenvalue weighted by Crippen LogP contribution is 2.26. The van der Waals surface area contributed by atoms with Gasteiger partial charge in [0.25, 0.3) is 11.5 Å². The Morgan fingerprint density at radius 1 is 0.971 bits per heavy atom. The predicted molar refractivity (Wildman–Crippen MR) is 120 cm³/mol. The largest absolute Gasteiger partial charge is 0.477 e. The van der Waals surface area contributed by atoms with Gasteiger partial charge in [-0.3, -0.25) is 14.7 Å². The second-order valence-electron chi connectivity index (χ2n) is 8.34. The number of carbonyl (C=O) groups excluding carboxylic acids is 1. The van der Waals surface area contributed by atoms with Crippen molar-refractivity contribution in [1.82, 2.24) is 14.8 Å². The van der Waals surface area contributed by atoms with Crippen LogP contribution in [-0.2, 0) is 29.3 Å². The van der Waals surface area contributed by atoms with Crippen LogP contribution in [0.15, 0.2) is 27.6 Å². The molecule has 0 radical (unpaired) electrons. The molecular weight excluding hydrogens is 508 g/mol. The number of carboxylic acid groups (broad SMARTS) is 2. The van der Waals surface area contributed by atoms with E-state index >= 15 is 0 Å². The molecule has 4 heterocycles. The molecule has 2 saturated heterocycles. The van der Waals surface area contributed by atoms with Crippen molar-refractivity contribution in [2.75, 3.05) is 23.0 Å². The first-order valence-corrected chi connectivity index (χ1v) is 14.0. The normalized spacial score (nSPS) is 26.6. The lowest BCUT2D eigenvalue weighted by Crippen LogP contribution is -2.34. The number of nitrogens with one attached hydrogen (secondary N) is 1. The van der Waals surface area contributed by atoms with Crippen LogP contribution >= 0.6 is 0 Å². The number of hydrazone groups is 1. The van der Waals surface area contributed by atoms with Crippen LogP contribution in [0.25, 0.3) is 6.08 Å². The molecule has 3 aliphatic heterocycles. The third-order valence-electron chi connectivity index (χ3n) is 5.92. The van der Waals surface area contributed by atoms with Crippen LogP contribution in [0.5, 0.6) is 0 Å². The van der Waals surface area contributed by atoms with Gasteiger partial charge in [-0.15, -0.1) is 0 Å². The Labute approximate surface area is 198 Å². The van der Waals surface area contributed by atoms with Crippen molar-refractivity contribution in [2.45, 2.75) is 24.9 Å². The molecule has 1 aromatic rings. The van der Waals surface area contributed by atoms with E-state index in [0.717, 1.165) is 27.9 Å². The summed E-state index contributed by atoms with van der Waals surface area (Å²) in [6.45, 7) is 0. The van der Waals surface area contributed by atoms with E-state index in [1.54, 1.807) is 0 Å². The summed E-state index contributed by atoms with van der Waals surface area (Å²) in [6, 6.07) is -1.57. The number of rotatable bonds is 6. The maximum atomic E-state index is 12.8. The molecule has 0 bridgehead atoms. The summed E-state index contributed by atoms with van der Waals surface area (Å²) >= 11 is 0. The maximum absolute atomic E-state index is 12.8. The zero-order chi connectivity index (χ0) is 25.7. The van der Waals surface area contributed by atoms with E-state index in [0.29, 0.717) is 0 Å². The molecule has 35 heavy (non-hydrogen) atoms. The zero-order valence-electron chi connectivity index (χ0n) is 17.9. The third kappa shape index (κ3) is 4.70. The summed E-state index contributed by atoms with van der Waals surface area (Å²) in [6.07, 6.45) is 3.45. The van der Waals surface area contributed by atoms with E-state index in [1.165, 1.54) is 0 Å². The smallest absolute Gasteiger partial charge is 0.357 e. The topological polar surface area (TPSA) is 213 Å². The van der Waals surface area contributed by atoms with Crippen LogP contribution in [-0.4, -0.2) is 94.4 Å². The van der Waals surface area contributed by atoms with Gasteiger partial charge in [-0.25, -0.2) is 36.1 Å². The van der Waals surface area contributed by atoms with Gasteiger partial charge in [0, 0.05) is 0 Å². The van der Waals surface area contributed by atoms with Crippen molar-refractivity contribution in [3.63, 3.8) is 0 Å². The van der Waals surface area contributed by atoms with Gasteiger partial charge in [0.15, 0.2) is 31.1 Å². The van der Waals surface area contributed by atoms with E-state index < -0.39 is 66.6 Å². The fourth-order valence-electron chi connectivity index (χ4n) is 4.22. The highest BCUT2D eigenvalue weighted by Gasteiger charge is 2.42. The first kappa shape index (κ1) is 24.6. The van der Waals surface area contributed by atoms with Gasteiger partial charge in [0.2, 0.25) is 0 Å². The highest BCUT2D eigenvalue weighted by molar-refractivity contribution is 7.91. The second kappa shape index (κ2) is 8.60. The van der Waals surface area contributed by atoms with Gasteiger partial charge in [-0.2, -0.15) is 5.10 Å². The molecule has 2 atom stereocenters. The van der Waals surface area contributed by atoms with Gasteiger partial charge in [-0.1, -0.05) is 6.08 Å². The summed E-state index contributed by atoms with van der Waals surface area (Å²) < 4.78 is 47.9. The number of H-pyrrole nitrogens is 1. The number of aromatic carboxylic acids is 1. The van der Waals surface area contributed by atoms with Crippen molar-refractivity contribution in [3.05, 3.63) is 39.3 Å². The van der Waals surface area contributed by atoms with Gasteiger partial charge in [0.05, 0.1) is 46.2 Å². The SMILES string of the molecule is O=C(O)C1=NN(C2CCS(=O)(=O)C2)C(=O)C1=CC=Cc1c(C(=O)O)[nH]n(C2CCS(=O)(=O)C2)c1=O. The summed E-state index contributed by atoms with van der Waals surface area (Å²) in [5.41, 5.74) is -2.60. The molecule has 3 N–H and O–H groups in total. The van der Waals surface area contributed by atoms with Crippen molar-refractivity contribution in [1.29, 1.82) is 0 Å². The number of aliphatic carboxylic acids is 1. The lowest BCUT2D eigenvalue weighted by molar-refractivity contribution is -0.129. The zero-order valence-corrected chi connectivity index (χ0v) is 19.6. The van der Waals surface area contributed by atoms with Gasteiger partial charge >= 0.3 is 11.9 Å². The average Bonchev–Trinajstić information content (AvgIpc) is 3.47. The lowest BCUT2D eigenvalue weighted by Gasteiger charge is -2.17. The van der Waals surface area contributed by atoms with Crippen LogP contribution in [0, 0.1) is 0 Å². The Morgan fingerprint density at radius 3 is 2.09 bits per heavy atom. The molecule has 0 spiro atoms. The van der Waals surface area contributed by atoms with E-state index in [9.17, 15) is 46.2 Å². The van der Waals surface area contributed by atoms with Crippen LogP contribution in [0.2, 0.25) is 0 Å². The van der Waals surface area contributed by atoms with Crippen LogP contribution in [0.3, 0.4) is 0 Å². The number of aromatic amines is 1. The summed E-state index contributed by atoms with van der Waals surface area (Å²) in [5.74, 6) is -4.81. The number of hydrogen-bond acceptors (Lipinski definition) is 9. The predicted octanol–water partition coefficient (Wildman–Crippen LogP) is -1.36. The fraction of sp³-hybridized carbons (Fsp3) is 0.421. The molecule has 2 fully saturated rings. The molecule has 2 unspecified atom stereocenters. The molecule has 1 amide bonds. The lowest BCUT2D eigenvalue weighted by atomic mass is 10.1. The van der Waals surface area contributed by atoms with Crippen LogP contribution in [0.1, 0.15) is 34.9 Å². The Balaban J connectivity index is 1.65. The molecule has 0 aliphatic carbocycles. The first-order chi connectivity index (χ1) is 16.3. The monoisotopic (exact) mass is 528 g/mol. The molecule has 188 valence electrons. The number of carboxylic acids is 2. The fourth-order valence-corrected chi connectivity index (χ4v) is 7.61. The summed E-state index contributed by atoms with van der Waals surface area (Å²) in [5, 5.41) is 25.9. The first-order valence-electron chi connectivity index (χ1n) is 10.3. The van der Waals surface area contributed by atoms with Crippen molar-refractivity contribution < 1.29 is 41.4 Å². The number of hydrogen-bond donors (Lipinski definition) is 3. The minimum absolute atomic E-state index is 0.106. The van der Waals surface area contributed by atoms with Crippen LogP contribution in [0.4, 0.5) is 0 Å². The number of allylic oxidation sites excluding steroid dienone is 2. The summed E-state index contributed by atoms with van der Waals surface area (Å²) in [4.78, 5) is 48.8. The number of nitrogens with zero attached hydrogens (tertiary/aromatic N) is 3. The Hall–Kier alpha value is -3.53. The Kier molecular flexibility index (Phi) is 6.04. The van der Waals surface area contributed by atoms with Crippen molar-refractivity contribution >= 4 is 49.3 Å². The molecular formula is C19H20N4O10S2. The average molecular weight is 529 g/mol. The van der Waals surface area contributed by atoms with E-state index in [-0.39, 0.29) is 47.0 Å². The van der Waals surface area contributed by atoms with Crippen molar-refractivity contribution in [2.24, 2.45) is 5.10 Å². The van der Waals surface area contributed by atoms with Gasteiger partial charge < -0.3 is 10.2 Å². The Morgan fingerprint density at radius 2 is 1.57 bits per heavy atom. The third-order valence-corrected chi connectivity index (χ3v) is 9.42. The van der Waals surface area contributed by atoms with Gasteiger partial charge in [-0.05, 0) is 25.0 Å². The molecule has 0 saturated carbocycles. The standard InChI is InChI=1S/C19H20N4O10S2/c24-16-12(14(18(26)27)20-22(16)10-4-6-34(30,31)8-10)2-1-3-13-15(19(28)29)21-23(17(13)25)11-5-7-35(32,33)9-11/h1-3,10-11,20H,4-9H2,(H,26,27)(H,28,29).